The van der Waals surface area contributed by atoms with Crippen LogP contribution in [0, 0.1) is 0 Å². The zero-order valence-corrected chi connectivity index (χ0v) is 12.5. The second kappa shape index (κ2) is 6.39. The van der Waals surface area contributed by atoms with Crippen LogP contribution in [0.4, 0.5) is 5.69 Å². The molecule has 6 nitrogen and oxygen atoms in total. The van der Waals surface area contributed by atoms with Crippen LogP contribution in [-0.2, 0) is 16.1 Å². The minimum atomic E-state index is -0.507. The molecule has 3 rings (SSSR count). The number of benzene rings is 2. The molecule has 0 aliphatic carbocycles. The lowest BCUT2D eigenvalue weighted by atomic mass is 10.1. The maximum absolute atomic E-state index is 12.2. The summed E-state index contributed by atoms with van der Waals surface area (Å²) in [7, 11) is 0. The van der Waals surface area contributed by atoms with Crippen molar-refractivity contribution in [3.63, 3.8) is 0 Å². The molecule has 1 N–H and O–H groups in total. The molecule has 0 fully saturated rings. The lowest BCUT2D eigenvalue weighted by molar-refractivity contribution is -0.114. The second-order valence-electron chi connectivity index (χ2n) is 4.99. The molecule has 0 bridgehead atoms. The fourth-order valence-electron chi connectivity index (χ4n) is 2.22. The van der Waals surface area contributed by atoms with E-state index in [4.69, 9.17) is 14.2 Å². The zero-order chi connectivity index (χ0) is 16.2. The van der Waals surface area contributed by atoms with Gasteiger partial charge in [-0.25, -0.2) is 4.79 Å². The van der Waals surface area contributed by atoms with Crippen LogP contribution >= 0.6 is 0 Å². The van der Waals surface area contributed by atoms with Gasteiger partial charge in [0, 0.05) is 6.92 Å². The molecule has 0 spiro atoms. The summed E-state index contributed by atoms with van der Waals surface area (Å²) in [6, 6.07) is 12.1. The lowest BCUT2D eigenvalue weighted by Crippen LogP contribution is -2.12. The Morgan fingerprint density at radius 2 is 1.91 bits per heavy atom. The van der Waals surface area contributed by atoms with E-state index in [2.05, 4.69) is 5.32 Å². The Kier molecular flexibility index (Phi) is 4.14. The highest BCUT2D eigenvalue weighted by Crippen LogP contribution is 2.32. The summed E-state index contributed by atoms with van der Waals surface area (Å²) in [6.45, 7) is 1.68. The molecule has 0 saturated carbocycles. The van der Waals surface area contributed by atoms with E-state index in [1.165, 1.54) is 6.92 Å². The molecule has 2 aromatic rings. The number of carbonyl (C=O) groups is 2. The Morgan fingerprint density at radius 1 is 1.13 bits per heavy atom. The molecule has 0 unspecified atom stereocenters. The van der Waals surface area contributed by atoms with Crippen molar-refractivity contribution in [2.75, 3.05) is 12.1 Å². The first-order valence-corrected chi connectivity index (χ1v) is 7.06. The quantitative estimate of drug-likeness (QED) is 0.879. The van der Waals surface area contributed by atoms with Gasteiger partial charge >= 0.3 is 5.97 Å². The average molecular weight is 313 g/mol. The summed E-state index contributed by atoms with van der Waals surface area (Å²) in [5.74, 6) is 0.557. The van der Waals surface area contributed by atoms with Crippen molar-refractivity contribution in [3.05, 3.63) is 53.6 Å². The molecule has 0 radical (unpaired) electrons. The van der Waals surface area contributed by atoms with Gasteiger partial charge < -0.3 is 19.5 Å². The molecule has 1 aliphatic heterocycles. The summed E-state index contributed by atoms with van der Waals surface area (Å²) in [4.78, 5) is 23.4. The fourth-order valence-corrected chi connectivity index (χ4v) is 2.22. The molecule has 6 heteroatoms. The smallest absolute Gasteiger partial charge is 0.340 e. The van der Waals surface area contributed by atoms with E-state index in [1.807, 2.05) is 0 Å². The molecule has 1 amide bonds. The van der Waals surface area contributed by atoms with Crippen molar-refractivity contribution in [2.45, 2.75) is 13.5 Å². The Bertz CT molecular complexity index is 756. The first-order valence-electron chi connectivity index (χ1n) is 7.06. The van der Waals surface area contributed by atoms with Crippen molar-refractivity contribution >= 4 is 17.6 Å². The van der Waals surface area contributed by atoms with Crippen LogP contribution in [0.25, 0.3) is 0 Å². The predicted octanol–water partition coefficient (Wildman–Crippen LogP) is 2.73. The minimum Gasteiger partial charge on any atom is -0.457 e. The number of anilines is 1. The Balaban J connectivity index is 1.69. The summed E-state index contributed by atoms with van der Waals surface area (Å²) in [5.41, 5.74) is 1.53. The number of esters is 1. The van der Waals surface area contributed by atoms with Crippen molar-refractivity contribution in [1.82, 2.24) is 0 Å². The largest absolute Gasteiger partial charge is 0.457 e. The lowest BCUT2D eigenvalue weighted by Gasteiger charge is -2.10. The van der Waals surface area contributed by atoms with Crippen molar-refractivity contribution in [2.24, 2.45) is 0 Å². The number of ether oxygens (including phenoxy) is 3. The molecule has 23 heavy (non-hydrogen) atoms. The standard InChI is InChI=1S/C17H15NO5/c1-11(19)18-14-5-3-2-4-13(14)17(20)21-9-12-6-7-15-16(8-12)23-10-22-15/h2-8H,9-10H2,1H3,(H,18,19). The summed E-state index contributed by atoms with van der Waals surface area (Å²) >= 11 is 0. The SMILES string of the molecule is CC(=O)Nc1ccccc1C(=O)OCc1ccc2c(c1)OCO2. The maximum Gasteiger partial charge on any atom is 0.340 e. The number of hydrogen-bond donors (Lipinski definition) is 1. The normalized spacial score (nSPS) is 11.9. The number of carbonyl (C=O) groups excluding carboxylic acids is 2. The highest BCUT2D eigenvalue weighted by atomic mass is 16.7. The zero-order valence-electron chi connectivity index (χ0n) is 12.5. The Morgan fingerprint density at radius 3 is 2.74 bits per heavy atom. The Labute approximate surface area is 133 Å². The molecule has 1 aliphatic rings. The van der Waals surface area contributed by atoms with Crippen molar-refractivity contribution < 1.29 is 23.8 Å². The summed E-state index contributed by atoms with van der Waals surface area (Å²) in [6.07, 6.45) is 0. The first-order chi connectivity index (χ1) is 11.1. The van der Waals surface area contributed by atoms with Gasteiger partial charge in [-0.3, -0.25) is 4.79 Å². The van der Waals surface area contributed by atoms with E-state index in [0.717, 1.165) is 5.56 Å². The van der Waals surface area contributed by atoms with Gasteiger partial charge in [-0.2, -0.15) is 0 Å². The van der Waals surface area contributed by atoms with E-state index in [0.29, 0.717) is 22.7 Å². The highest BCUT2D eigenvalue weighted by Gasteiger charge is 2.16. The number of amides is 1. The summed E-state index contributed by atoms with van der Waals surface area (Å²) < 4.78 is 15.8. The van der Waals surface area contributed by atoms with Crippen LogP contribution in [0.2, 0.25) is 0 Å². The monoisotopic (exact) mass is 313 g/mol. The van der Waals surface area contributed by atoms with Crippen molar-refractivity contribution in [3.8, 4) is 11.5 Å². The number of nitrogens with one attached hydrogen (secondary N) is 1. The molecule has 1 heterocycles. The van der Waals surface area contributed by atoms with Gasteiger partial charge in [0.2, 0.25) is 12.7 Å². The van der Waals surface area contributed by atoms with Crippen LogP contribution in [0.1, 0.15) is 22.8 Å². The van der Waals surface area contributed by atoms with Gasteiger partial charge in [0.05, 0.1) is 11.3 Å². The van der Waals surface area contributed by atoms with Gasteiger partial charge in [-0.1, -0.05) is 18.2 Å². The molecular formula is C17H15NO5. The topological polar surface area (TPSA) is 73.9 Å². The van der Waals surface area contributed by atoms with E-state index >= 15 is 0 Å². The summed E-state index contributed by atoms with van der Waals surface area (Å²) in [5, 5.41) is 2.61. The predicted molar refractivity (Wildman–Crippen MR) is 82.4 cm³/mol. The fraction of sp³-hybridized carbons (Fsp3) is 0.176. The van der Waals surface area contributed by atoms with Crippen LogP contribution in [-0.4, -0.2) is 18.7 Å². The van der Waals surface area contributed by atoms with Gasteiger partial charge in [0.25, 0.3) is 0 Å². The number of para-hydroxylation sites is 1. The first kappa shape index (κ1) is 14.9. The molecule has 2 aromatic carbocycles. The Hall–Kier alpha value is -3.02. The van der Waals surface area contributed by atoms with Gasteiger partial charge in [-0.05, 0) is 29.8 Å². The molecule has 0 saturated heterocycles. The molecule has 118 valence electrons. The van der Waals surface area contributed by atoms with E-state index in [-0.39, 0.29) is 19.3 Å². The van der Waals surface area contributed by atoms with E-state index in [1.54, 1.807) is 42.5 Å². The third-order valence-corrected chi connectivity index (χ3v) is 3.26. The van der Waals surface area contributed by atoms with Crippen LogP contribution in [0.5, 0.6) is 11.5 Å². The van der Waals surface area contributed by atoms with Gasteiger partial charge in [-0.15, -0.1) is 0 Å². The van der Waals surface area contributed by atoms with Gasteiger partial charge in [0.15, 0.2) is 11.5 Å². The number of fused-ring (bicyclic) bond motifs is 1. The van der Waals surface area contributed by atoms with Crippen molar-refractivity contribution in [1.29, 1.82) is 0 Å². The molecule has 0 atom stereocenters. The third kappa shape index (κ3) is 3.42. The van der Waals surface area contributed by atoms with Crippen LogP contribution in [0.15, 0.2) is 42.5 Å². The minimum absolute atomic E-state index is 0.101. The second-order valence-corrected chi connectivity index (χ2v) is 4.99. The van der Waals surface area contributed by atoms with E-state index in [9.17, 15) is 9.59 Å². The highest BCUT2D eigenvalue weighted by molar-refractivity contribution is 6.00. The van der Waals surface area contributed by atoms with Crippen LogP contribution < -0.4 is 14.8 Å². The third-order valence-electron chi connectivity index (χ3n) is 3.26. The van der Waals surface area contributed by atoms with Crippen LogP contribution in [0.3, 0.4) is 0 Å². The maximum atomic E-state index is 12.2. The van der Waals surface area contributed by atoms with E-state index < -0.39 is 5.97 Å². The van der Waals surface area contributed by atoms with Gasteiger partial charge in [0.1, 0.15) is 6.61 Å². The molecule has 0 aromatic heterocycles. The molecular weight excluding hydrogens is 298 g/mol. The average Bonchev–Trinajstić information content (AvgIpc) is 3.00. The number of hydrogen-bond acceptors (Lipinski definition) is 5. The number of rotatable bonds is 4.